The summed E-state index contributed by atoms with van der Waals surface area (Å²) in [5, 5.41) is 24.1. The highest BCUT2D eigenvalue weighted by Gasteiger charge is 2.73. The maximum Gasteiger partial charge on any atom is 0.262 e. The van der Waals surface area contributed by atoms with Gasteiger partial charge < -0.3 is 19.9 Å². The molecule has 1 aromatic heterocycles. The number of ether oxygens (including phenoxy) is 1. The molecule has 36 heavy (non-hydrogen) atoms. The first-order chi connectivity index (χ1) is 17.4. The van der Waals surface area contributed by atoms with Gasteiger partial charge in [-0.2, -0.15) is 0 Å². The molecular formula is C28H29N3O4S. The number of piperidine rings is 1. The number of H-pyrrole nitrogens is 1. The van der Waals surface area contributed by atoms with Gasteiger partial charge in [0, 0.05) is 18.2 Å². The number of aromatic hydroxyl groups is 1. The second-order valence-corrected chi connectivity index (χ2v) is 11.9. The van der Waals surface area contributed by atoms with Gasteiger partial charge in [-0.25, -0.2) is 0 Å². The van der Waals surface area contributed by atoms with E-state index in [1.165, 1.54) is 12.8 Å². The van der Waals surface area contributed by atoms with E-state index in [2.05, 4.69) is 9.88 Å². The molecule has 5 aliphatic rings. The van der Waals surface area contributed by atoms with Crippen LogP contribution in [0, 0.1) is 10.7 Å². The number of aromatic nitrogens is 2. The van der Waals surface area contributed by atoms with Gasteiger partial charge in [0.25, 0.3) is 5.56 Å². The van der Waals surface area contributed by atoms with Crippen molar-refractivity contribution in [2.75, 3.05) is 13.1 Å². The molecule has 0 amide bonds. The van der Waals surface area contributed by atoms with E-state index in [4.69, 9.17) is 17.0 Å². The predicted molar refractivity (Wildman–Crippen MR) is 137 cm³/mol. The van der Waals surface area contributed by atoms with Crippen LogP contribution in [0.5, 0.6) is 11.5 Å². The molecule has 3 fully saturated rings. The maximum atomic E-state index is 13.8. The van der Waals surface area contributed by atoms with Crippen LogP contribution in [0.2, 0.25) is 0 Å². The Hall–Kier alpha value is -2.68. The van der Waals surface area contributed by atoms with Crippen molar-refractivity contribution in [3.8, 4) is 11.5 Å². The number of benzene rings is 2. The van der Waals surface area contributed by atoms with Crippen LogP contribution < -0.4 is 10.3 Å². The average molecular weight is 504 g/mol. The second-order valence-electron chi connectivity index (χ2n) is 11.5. The summed E-state index contributed by atoms with van der Waals surface area (Å²) in [7, 11) is 0. The zero-order chi connectivity index (χ0) is 24.4. The lowest BCUT2D eigenvalue weighted by Crippen LogP contribution is -2.76. The number of phenols is 1. The zero-order valence-electron chi connectivity index (χ0n) is 19.9. The predicted octanol–water partition coefficient (Wildman–Crippen LogP) is 3.57. The number of hydrogen-bond donors (Lipinski definition) is 3. The SMILES string of the molecule is O=c1c2ccccc2[nH]c(=S)n1[C@@H]1CC[C@@]2(O)[C@@H]3Cc4ccc(O)c5c4[C@@]2(CCN3CC2CC2)[C@H]1O5. The third-order valence-corrected chi connectivity index (χ3v) is 10.2. The number of aromatic amines is 1. The minimum absolute atomic E-state index is 0.00440. The number of fused-ring (bicyclic) bond motifs is 1. The fourth-order valence-corrected chi connectivity index (χ4v) is 8.53. The molecule has 3 aliphatic carbocycles. The summed E-state index contributed by atoms with van der Waals surface area (Å²) in [4.78, 5) is 19.5. The zero-order valence-corrected chi connectivity index (χ0v) is 20.8. The van der Waals surface area contributed by atoms with Gasteiger partial charge in [0.2, 0.25) is 0 Å². The monoisotopic (exact) mass is 503 g/mol. The smallest absolute Gasteiger partial charge is 0.262 e. The van der Waals surface area contributed by atoms with E-state index in [0.29, 0.717) is 28.7 Å². The Morgan fingerprint density at radius 2 is 1.97 bits per heavy atom. The lowest BCUT2D eigenvalue weighted by atomic mass is 9.48. The quantitative estimate of drug-likeness (QED) is 0.474. The van der Waals surface area contributed by atoms with Crippen LogP contribution in [0.1, 0.15) is 49.3 Å². The molecule has 1 saturated heterocycles. The summed E-state index contributed by atoms with van der Waals surface area (Å²) in [5.41, 5.74) is 1.02. The fourth-order valence-electron chi connectivity index (χ4n) is 8.20. The van der Waals surface area contributed by atoms with Crippen molar-refractivity contribution in [2.45, 2.75) is 67.7 Å². The first-order valence-electron chi connectivity index (χ1n) is 13.1. The Kier molecular flexibility index (Phi) is 4.16. The molecule has 3 heterocycles. The van der Waals surface area contributed by atoms with Gasteiger partial charge in [-0.05, 0) is 87.0 Å². The lowest BCUT2D eigenvalue weighted by molar-refractivity contribution is -0.196. The molecule has 0 unspecified atom stereocenters. The summed E-state index contributed by atoms with van der Waals surface area (Å²) in [6.45, 7) is 1.91. The fraction of sp³-hybridized carbons (Fsp3) is 0.500. The van der Waals surface area contributed by atoms with Gasteiger partial charge in [-0.15, -0.1) is 0 Å². The van der Waals surface area contributed by atoms with Crippen LogP contribution >= 0.6 is 12.2 Å². The van der Waals surface area contributed by atoms with Crippen molar-refractivity contribution in [3.05, 3.63) is 62.6 Å². The summed E-state index contributed by atoms with van der Waals surface area (Å²) in [6, 6.07) is 10.8. The first-order valence-corrected chi connectivity index (χ1v) is 13.6. The second kappa shape index (κ2) is 7.00. The molecule has 1 spiro atoms. The molecule has 2 bridgehead atoms. The van der Waals surface area contributed by atoms with Gasteiger partial charge in [-0.3, -0.25) is 14.3 Å². The molecule has 7 nitrogen and oxygen atoms in total. The number of para-hydroxylation sites is 1. The lowest BCUT2D eigenvalue weighted by Gasteiger charge is -2.64. The number of hydrogen-bond acceptors (Lipinski definition) is 6. The molecule has 2 saturated carbocycles. The Balaban J connectivity index is 1.34. The van der Waals surface area contributed by atoms with Gasteiger partial charge >= 0.3 is 0 Å². The van der Waals surface area contributed by atoms with E-state index in [-0.39, 0.29) is 23.4 Å². The van der Waals surface area contributed by atoms with E-state index in [1.807, 2.05) is 30.3 Å². The summed E-state index contributed by atoms with van der Waals surface area (Å²) in [6.07, 6.45) is 4.69. The van der Waals surface area contributed by atoms with Gasteiger partial charge in [-0.1, -0.05) is 18.2 Å². The van der Waals surface area contributed by atoms with Gasteiger partial charge in [0.1, 0.15) is 6.10 Å². The van der Waals surface area contributed by atoms with E-state index in [1.54, 1.807) is 10.6 Å². The topological polar surface area (TPSA) is 90.7 Å². The third-order valence-electron chi connectivity index (χ3n) is 9.90. The molecule has 8 rings (SSSR count). The summed E-state index contributed by atoms with van der Waals surface area (Å²) >= 11 is 5.73. The molecule has 3 N–H and O–H groups in total. The number of rotatable bonds is 3. The number of aliphatic hydroxyl groups is 1. The van der Waals surface area contributed by atoms with E-state index < -0.39 is 17.1 Å². The van der Waals surface area contributed by atoms with Crippen LogP contribution in [-0.2, 0) is 11.8 Å². The standard InChI is InChI=1S/C28H29N3O4S/c32-20-8-7-16-13-21-28(34)10-9-19(31-25(33)17-3-1-2-4-18(17)29-26(31)36)24-27(28,22(16)23(20)35-24)11-12-30(21)14-15-5-6-15/h1-4,7-8,15,19,21,24,32,34H,5-6,9-14H2,(H,29,36)/t19-,21+,24+,27+,28-/m1/s1. The molecule has 3 aromatic rings. The number of likely N-dealkylation sites (tertiary alicyclic amines) is 1. The Morgan fingerprint density at radius 3 is 2.81 bits per heavy atom. The molecule has 5 atom stereocenters. The van der Waals surface area contributed by atoms with Gasteiger partial charge in [0.15, 0.2) is 16.3 Å². The highest BCUT2D eigenvalue weighted by atomic mass is 32.1. The van der Waals surface area contributed by atoms with E-state index >= 15 is 0 Å². The van der Waals surface area contributed by atoms with Crippen molar-refractivity contribution in [2.24, 2.45) is 5.92 Å². The van der Waals surface area contributed by atoms with Crippen molar-refractivity contribution in [1.29, 1.82) is 0 Å². The van der Waals surface area contributed by atoms with Crippen molar-refractivity contribution in [3.63, 3.8) is 0 Å². The summed E-state index contributed by atoms with van der Waals surface area (Å²) < 4.78 is 8.69. The Labute approximate surface area is 213 Å². The van der Waals surface area contributed by atoms with Crippen LogP contribution in [0.25, 0.3) is 10.9 Å². The maximum absolute atomic E-state index is 13.8. The van der Waals surface area contributed by atoms with Crippen molar-refractivity contribution in [1.82, 2.24) is 14.5 Å². The highest BCUT2D eigenvalue weighted by molar-refractivity contribution is 7.71. The normalized spacial score (nSPS) is 34.4. The molecule has 2 aliphatic heterocycles. The van der Waals surface area contributed by atoms with Crippen molar-refractivity contribution < 1.29 is 14.9 Å². The van der Waals surface area contributed by atoms with Gasteiger partial charge in [0.05, 0.1) is 28.0 Å². The third kappa shape index (κ3) is 2.50. The molecule has 0 radical (unpaired) electrons. The number of phenolic OH excluding ortho intramolecular Hbond substituents is 1. The summed E-state index contributed by atoms with van der Waals surface area (Å²) in [5.74, 6) is 1.33. The average Bonchev–Trinajstić information content (AvgIpc) is 3.60. The van der Waals surface area contributed by atoms with Crippen LogP contribution in [0.15, 0.2) is 41.2 Å². The molecular weight excluding hydrogens is 474 g/mol. The number of nitrogens with zero attached hydrogens (tertiary/aromatic N) is 2. The Morgan fingerprint density at radius 1 is 1.14 bits per heavy atom. The van der Waals surface area contributed by atoms with Crippen molar-refractivity contribution >= 4 is 23.1 Å². The minimum atomic E-state index is -0.987. The highest BCUT2D eigenvalue weighted by Crippen LogP contribution is 2.67. The first kappa shape index (κ1) is 21.4. The van der Waals surface area contributed by atoms with E-state index in [9.17, 15) is 15.0 Å². The minimum Gasteiger partial charge on any atom is -0.504 e. The van der Waals surface area contributed by atoms with Crippen LogP contribution in [0.4, 0.5) is 0 Å². The van der Waals surface area contributed by atoms with E-state index in [0.717, 1.165) is 48.5 Å². The Bertz CT molecular complexity index is 1560. The molecule has 186 valence electrons. The van der Waals surface area contributed by atoms with Crippen LogP contribution in [0.3, 0.4) is 0 Å². The molecule has 2 aromatic carbocycles. The molecule has 8 heteroatoms. The number of nitrogens with one attached hydrogen (secondary N) is 1. The van der Waals surface area contributed by atoms with Crippen LogP contribution in [-0.4, -0.2) is 55.5 Å². The largest absolute Gasteiger partial charge is 0.504 e.